The lowest BCUT2D eigenvalue weighted by molar-refractivity contribution is -0.135. The van der Waals surface area contributed by atoms with Crippen molar-refractivity contribution in [2.75, 3.05) is 13.1 Å². The molecule has 0 bridgehead atoms. The molecular formula is C33H49N3O6. The van der Waals surface area contributed by atoms with Crippen LogP contribution >= 0.6 is 0 Å². The summed E-state index contributed by atoms with van der Waals surface area (Å²) >= 11 is 0. The standard InChI is InChI=1S/C24H35N3O5.C6H6O.C3H8/c1-16(2)20(25-22(29)31-15-17-9-7-6-8-10-17)21(28)26-13-11-19-18(26)12-14-27(19)23(30)32-24(3,4)5;7-6-4-2-1-3-5-6;1-3-2/h6-10,16,18-20H,11-15H2,1-5H3,(H,25,29);1-5,7H;3H2,1-2H3. The number of benzene rings is 2. The fourth-order valence-electron chi connectivity index (χ4n) is 4.82. The molecule has 2 aliphatic rings. The number of para-hydroxylation sites is 1. The van der Waals surface area contributed by atoms with Gasteiger partial charge in [-0.3, -0.25) is 4.79 Å². The Kier molecular flexibility index (Phi) is 13.6. The number of rotatable bonds is 5. The summed E-state index contributed by atoms with van der Waals surface area (Å²) in [7, 11) is 0. The molecule has 42 heavy (non-hydrogen) atoms. The number of hydrogen-bond acceptors (Lipinski definition) is 6. The summed E-state index contributed by atoms with van der Waals surface area (Å²) in [5.74, 6) is 0.0897. The lowest BCUT2D eigenvalue weighted by Crippen LogP contribution is -2.53. The van der Waals surface area contributed by atoms with Gasteiger partial charge in [-0.25, -0.2) is 9.59 Å². The molecule has 9 nitrogen and oxygen atoms in total. The summed E-state index contributed by atoms with van der Waals surface area (Å²) < 4.78 is 10.9. The van der Waals surface area contributed by atoms with Gasteiger partial charge in [0.05, 0.1) is 12.1 Å². The van der Waals surface area contributed by atoms with Gasteiger partial charge in [0.2, 0.25) is 5.91 Å². The predicted octanol–water partition coefficient (Wildman–Crippen LogP) is 6.36. The van der Waals surface area contributed by atoms with Gasteiger partial charge in [-0.1, -0.05) is 82.6 Å². The minimum atomic E-state index is -0.687. The largest absolute Gasteiger partial charge is 0.508 e. The zero-order chi connectivity index (χ0) is 31.3. The van der Waals surface area contributed by atoms with Crippen LogP contribution < -0.4 is 5.32 Å². The number of aromatic hydroxyl groups is 1. The molecule has 2 heterocycles. The van der Waals surface area contributed by atoms with Crippen molar-refractivity contribution in [1.29, 1.82) is 0 Å². The Labute approximate surface area is 251 Å². The summed E-state index contributed by atoms with van der Waals surface area (Å²) in [5, 5.41) is 11.4. The Bertz CT molecular complexity index is 1100. The molecule has 3 unspecified atom stereocenters. The number of alkyl carbamates (subject to hydrolysis) is 1. The summed E-state index contributed by atoms with van der Waals surface area (Å²) in [6, 6.07) is 17.3. The second-order valence-electron chi connectivity index (χ2n) is 11.9. The molecule has 232 valence electrons. The fourth-order valence-corrected chi connectivity index (χ4v) is 4.82. The molecule has 9 heteroatoms. The van der Waals surface area contributed by atoms with E-state index >= 15 is 0 Å². The molecule has 3 amide bonds. The molecule has 2 aliphatic heterocycles. The van der Waals surface area contributed by atoms with E-state index in [1.54, 1.807) is 29.2 Å². The first-order valence-corrected chi connectivity index (χ1v) is 14.9. The third kappa shape index (κ3) is 10.9. The minimum absolute atomic E-state index is 0.0494. The van der Waals surface area contributed by atoms with Crippen LogP contribution in [0.4, 0.5) is 9.59 Å². The maximum Gasteiger partial charge on any atom is 0.410 e. The van der Waals surface area contributed by atoms with E-state index < -0.39 is 17.7 Å². The minimum Gasteiger partial charge on any atom is -0.508 e. The van der Waals surface area contributed by atoms with Crippen molar-refractivity contribution in [2.24, 2.45) is 5.92 Å². The average Bonchev–Trinajstić information content (AvgIpc) is 3.54. The molecule has 0 aromatic heterocycles. The van der Waals surface area contributed by atoms with Crippen LogP contribution in [-0.2, 0) is 20.9 Å². The highest BCUT2D eigenvalue weighted by Crippen LogP contribution is 2.33. The van der Waals surface area contributed by atoms with Crippen LogP contribution in [-0.4, -0.2) is 69.8 Å². The molecule has 2 fully saturated rings. The van der Waals surface area contributed by atoms with E-state index in [1.165, 1.54) is 6.42 Å². The quantitative estimate of drug-likeness (QED) is 0.424. The number of ether oxygens (including phenoxy) is 2. The fraction of sp³-hybridized carbons (Fsp3) is 0.545. The zero-order valence-electron chi connectivity index (χ0n) is 26.2. The molecular weight excluding hydrogens is 534 g/mol. The van der Waals surface area contributed by atoms with Gasteiger partial charge in [-0.15, -0.1) is 0 Å². The third-order valence-electron chi connectivity index (χ3n) is 6.66. The number of nitrogens with one attached hydrogen (secondary N) is 1. The molecule has 0 saturated carbocycles. The SMILES string of the molecule is CC(C)C(NC(=O)OCc1ccccc1)C(=O)N1CCC2C1CCN2C(=O)OC(C)(C)C.CCC.Oc1ccccc1. The van der Waals surface area contributed by atoms with E-state index in [0.29, 0.717) is 31.7 Å². The van der Waals surface area contributed by atoms with Gasteiger partial charge in [0.15, 0.2) is 0 Å². The van der Waals surface area contributed by atoms with E-state index in [1.807, 2.05) is 75.9 Å². The van der Waals surface area contributed by atoms with Gasteiger partial charge < -0.3 is 29.7 Å². The van der Waals surface area contributed by atoms with Crippen molar-refractivity contribution in [3.05, 3.63) is 66.2 Å². The first kappa shape index (κ1) is 34.5. The molecule has 3 atom stereocenters. The van der Waals surface area contributed by atoms with Crippen LogP contribution in [0.15, 0.2) is 60.7 Å². The topological polar surface area (TPSA) is 108 Å². The number of fused-ring (bicyclic) bond motifs is 1. The summed E-state index contributed by atoms with van der Waals surface area (Å²) in [5.41, 5.74) is 0.321. The van der Waals surface area contributed by atoms with Crippen molar-refractivity contribution in [3.8, 4) is 5.75 Å². The monoisotopic (exact) mass is 583 g/mol. The number of phenols is 1. The van der Waals surface area contributed by atoms with Gasteiger partial charge in [0.1, 0.15) is 24.0 Å². The van der Waals surface area contributed by atoms with Crippen LogP contribution in [0.1, 0.15) is 73.3 Å². The first-order chi connectivity index (χ1) is 19.9. The Morgan fingerprint density at radius 2 is 1.40 bits per heavy atom. The van der Waals surface area contributed by atoms with E-state index in [-0.39, 0.29) is 36.6 Å². The van der Waals surface area contributed by atoms with Crippen molar-refractivity contribution < 1.29 is 29.0 Å². The predicted molar refractivity (Wildman–Crippen MR) is 164 cm³/mol. The van der Waals surface area contributed by atoms with E-state index in [0.717, 1.165) is 5.56 Å². The van der Waals surface area contributed by atoms with Crippen LogP contribution in [0, 0.1) is 5.92 Å². The Balaban J connectivity index is 0.000000523. The highest BCUT2D eigenvalue weighted by atomic mass is 16.6. The second kappa shape index (κ2) is 16.6. The van der Waals surface area contributed by atoms with Crippen molar-refractivity contribution in [1.82, 2.24) is 15.1 Å². The van der Waals surface area contributed by atoms with Crippen molar-refractivity contribution in [3.63, 3.8) is 0 Å². The number of likely N-dealkylation sites (tertiary alicyclic amines) is 2. The van der Waals surface area contributed by atoms with Crippen LogP contribution in [0.3, 0.4) is 0 Å². The lowest BCUT2D eigenvalue weighted by Gasteiger charge is -2.31. The smallest absolute Gasteiger partial charge is 0.410 e. The molecule has 2 saturated heterocycles. The Morgan fingerprint density at radius 3 is 1.88 bits per heavy atom. The zero-order valence-corrected chi connectivity index (χ0v) is 26.2. The maximum absolute atomic E-state index is 13.4. The summed E-state index contributed by atoms with van der Waals surface area (Å²) in [4.78, 5) is 41.9. The van der Waals surface area contributed by atoms with Gasteiger partial charge in [0.25, 0.3) is 0 Å². The van der Waals surface area contributed by atoms with E-state index in [2.05, 4.69) is 19.2 Å². The Hall–Kier alpha value is -3.75. The third-order valence-corrected chi connectivity index (χ3v) is 6.66. The molecule has 0 radical (unpaired) electrons. The van der Waals surface area contributed by atoms with Crippen molar-refractivity contribution >= 4 is 18.1 Å². The maximum atomic E-state index is 13.4. The van der Waals surface area contributed by atoms with Crippen LogP contribution in [0.5, 0.6) is 5.75 Å². The summed E-state index contributed by atoms with van der Waals surface area (Å²) in [6.45, 7) is 14.8. The molecule has 2 N–H and O–H groups in total. The molecule has 0 spiro atoms. The number of amides is 3. The van der Waals surface area contributed by atoms with Gasteiger partial charge >= 0.3 is 12.2 Å². The number of carbonyl (C=O) groups is 3. The van der Waals surface area contributed by atoms with Crippen molar-refractivity contribution in [2.45, 2.75) is 98.1 Å². The summed E-state index contributed by atoms with van der Waals surface area (Å²) in [6.07, 6.45) is 1.72. The molecule has 4 rings (SSSR count). The molecule has 0 aliphatic carbocycles. The van der Waals surface area contributed by atoms with E-state index in [4.69, 9.17) is 14.6 Å². The second-order valence-corrected chi connectivity index (χ2v) is 11.9. The highest BCUT2D eigenvalue weighted by Gasteiger charge is 2.48. The van der Waals surface area contributed by atoms with Gasteiger partial charge in [-0.2, -0.15) is 0 Å². The van der Waals surface area contributed by atoms with E-state index in [9.17, 15) is 14.4 Å². The molecule has 2 aromatic carbocycles. The average molecular weight is 584 g/mol. The first-order valence-electron chi connectivity index (χ1n) is 14.9. The normalized spacial score (nSPS) is 18.1. The number of carbonyl (C=O) groups excluding carboxylic acids is 3. The van der Waals surface area contributed by atoms with Crippen LogP contribution in [0.25, 0.3) is 0 Å². The molecule has 2 aromatic rings. The highest BCUT2D eigenvalue weighted by molar-refractivity contribution is 5.86. The van der Waals surface area contributed by atoms with Crippen LogP contribution in [0.2, 0.25) is 0 Å². The van der Waals surface area contributed by atoms with Gasteiger partial charge in [-0.05, 0) is 57.2 Å². The number of nitrogens with zero attached hydrogens (tertiary/aromatic N) is 2. The van der Waals surface area contributed by atoms with Gasteiger partial charge in [0, 0.05) is 13.1 Å². The number of phenolic OH excluding ortho intramolecular Hbond substituents is 1. The lowest BCUT2D eigenvalue weighted by atomic mass is 10.0. The Morgan fingerprint density at radius 1 is 0.905 bits per heavy atom. The number of hydrogen-bond donors (Lipinski definition) is 2.